The number of hydrogen-bond donors (Lipinski definition) is 3. The van der Waals surface area contributed by atoms with Crippen LogP contribution in [0.5, 0.6) is 0 Å². The summed E-state index contributed by atoms with van der Waals surface area (Å²) < 4.78 is 21.3. The van der Waals surface area contributed by atoms with Crippen LogP contribution in [0.15, 0.2) is 12.4 Å². The summed E-state index contributed by atoms with van der Waals surface area (Å²) in [6.45, 7) is 4.07. The van der Waals surface area contributed by atoms with E-state index in [4.69, 9.17) is 16.3 Å². The first-order valence-corrected chi connectivity index (χ1v) is 11.7. The number of nitrogens with one attached hydrogen (secondary N) is 3. The smallest absolute Gasteiger partial charge is 0.253 e. The number of aromatic nitrogens is 4. The predicted octanol–water partition coefficient (Wildman–Crippen LogP) is 2.62. The molecule has 0 spiro atoms. The van der Waals surface area contributed by atoms with Gasteiger partial charge in [-0.1, -0.05) is 0 Å². The number of fused-ring (bicyclic) bond motifs is 5. The van der Waals surface area contributed by atoms with Crippen LogP contribution in [0.4, 0.5) is 16.0 Å². The fraction of sp³-hybridized carbons (Fsp3) is 0.391. The summed E-state index contributed by atoms with van der Waals surface area (Å²) in [7, 11) is 0. The molecule has 2 aliphatic heterocycles. The minimum absolute atomic E-state index is 0.0571. The highest BCUT2D eigenvalue weighted by Gasteiger charge is 2.32. The van der Waals surface area contributed by atoms with Crippen LogP contribution in [0.1, 0.15) is 32.7 Å². The number of morpholine rings is 1. The van der Waals surface area contributed by atoms with Gasteiger partial charge in [0.05, 0.1) is 24.5 Å². The van der Waals surface area contributed by atoms with Crippen LogP contribution >= 0.6 is 11.6 Å². The summed E-state index contributed by atoms with van der Waals surface area (Å²) in [6.07, 6.45) is 5.32. The third-order valence-electron chi connectivity index (χ3n) is 6.63. The average molecular weight is 484 g/mol. The number of nitrogens with zero attached hydrogens (tertiary/aromatic N) is 4. The molecule has 3 N–H and O–H groups in total. The molecular weight excluding hydrogens is 461 g/mol. The number of halogens is 2. The number of hydrogen-bond acceptors (Lipinski definition) is 7. The van der Waals surface area contributed by atoms with Gasteiger partial charge in [-0.3, -0.25) is 9.69 Å². The number of pyridine rings is 1. The van der Waals surface area contributed by atoms with Gasteiger partial charge in [0, 0.05) is 61.8 Å². The first-order chi connectivity index (χ1) is 16.6. The lowest BCUT2D eigenvalue weighted by Crippen LogP contribution is -2.35. The minimum atomic E-state index is -0.482. The van der Waals surface area contributed by atoms with Crippen molar-refractivity contribution in [3.8, 4) is 11.3 Å². The van der Waals surface area contributed by atoms with Crippen molar-refractivity contribution in [1.29, 1.82) is 0 Å². The number of aromatic amines is 1. The SMILES string of the molecule is O=C1NCCc2[nH]c3c(c21)CCc1cnc(Nc2nc(Cl)ncc2CN2CCOCC2)c(F)c1-3. The van der Waals surface area contributed by atoms with Crippen molar-refractivity contribution >= 4 is 29.1 Å². The molecule has 1 saturated heterocycles. The van der Waals surface area contributed by atoms with Crippen molar-refractivity contribution in [3.63, 3.8) is 0 Å². The molecule has 34 heavy (non-hydrogen) atoms. The van der Waals surface area contributed by atoms with Crippen molar-refractivity contribution < 1.29 is 13.9 Å². The molecule has 0 aromatic carbocycles. The fourth-order valence-electron chi connectivity index (χ4n) is 4.96. The van der Waals surface area contributed by atoms with Crippen LogP contribution in [0, 0.1) is 5.82 Å². The number of anilines is 2. The quantitative estimate of drug-likeness (QED) is 0.489. The Bertz CT molecular complexity index is 1290. The topological polar surface area (TPSA) is 108 Å². The zero-order valence-electron chi connectivity index (χ0n) is 18.4. The number of H-pyrrole nitrogens is 1. The molecule has 1 amide bonds. The summed E-state index contributed by atoms with van der Waals surface area (Å²) >= 11 is 6.07. The molecule has 0 atom stereocenters. The van der Waals surface area contributed by atoms with Gasteiger partial charge in [0.1, 0.15) is 5.82 Å². The van der Waals surface area contributed by atoms with E-state index in [1.807, 2.05) is 0 Å². The maximum absolute atomic E-state index is 15.9. The molecule has 5 heterocycles. The lowest BCUT2D eigenvalue weighted by molar-refractivity contribution is 0.0342. The van der Waals surface area contributed by atoms with Gasteiger partial charge < -0.3 is 20.4 Å². The number of carbonyl (C=O) groups excluding carboxylic acids is 1. The first-order valence-electron chi connectivity index (χ1n) is 11.4. The Labute approximate surface area is 200 Å². The van der Waals surface area contributed by atoms with Crippen LogP contribution in [-0.4, -0.2) is 63.6 Å². The number of amides is 1. The van der Waals surface area contributed by atoms with E-state index in [0.717, 1.165) is 35.5 Å². The van der Waals surface area contributed by atoms with Gasteiger partial charge >= 0.3 is 0 Å². The fourth-order valence-corrected chi connectivity index (χ4v) is 5.09. The molecule has 176 valence electrons. The van der Waals surface area contributed by atoms with E-state index >= 15 is 4.39 Å². The van der Waals surface area contributed by atoms with E-state index in [9.17, 15) is 4.79 Å². The second-order valence-corrected chi connectivity index (χ2v) is 9.02. The van der Waals surface area contributed by atoms with Crippen LogP contribution in [0.3, 0.4) is 0 Å². The largest absolute Gasteiger partial charge is 0.379 e. The zero-order chi connectivity index (χ0) is 23.2. The highest BCUT2D eigenvalue weighted by molar-refractivity contribution is 6.28. The van der Waals surface area contributed by atoms with Crippen molar-refractivity contribution in [2.24, 2.45) is 0 Å². The van der Waals surface area contributed by atoms with E-state index in [1.54, 1.807) is 12.4 Å². The van der Waals surface area contributed by atoms with E-state index in [0.29, 0.717) is 68.2 Å². The molecule has 9 nitrogen and oxygen atoms in total. The van der Waals surface area contributed by atoms with Crippen LogP contribution < -0.4 is 10.6 Å². The van der Waals surface area contributed by atoms with Gasteiger partial charge in [0.25, 0.3) is 5.91 Å². The molecular formula is C23H23ClFN7O2. The van der Waals surface area contributed by atoms with E-state index in [1.165, 1.54) is 0 Å². The Morgan fingerprint density at radius 2 is 1.97 bits per heavy atom. The molecule has 3 aliphatic rings. The maximum atomic E-state index is 15.9. The Morgan fingerprint density at radius 3 is 2.82 bits per heavy atom. The molecule has 1 aliphatic carbocycles. The molecule has 0 radical (unpaired) electrons. The van der Waals surface area contributed by atoms with Gasteiger partial charge in [-0.15, -0.1) is 0 Å². The van der Waals surface area contributed by atoms with Crippen molar-refractivity contribution in [2.45, 2.75) is 25.8 Å². The van der Waals surface area contributed by atoms with Gasteiger partial charge in [0.2, 0.25) is 5.28 Å². The molecule has 6 rings (SSSR count). The van der Waals surface area contributed by atoms with Crippen molar-refractivity contribution in [2.75, 3.05) is 38.2 Å². The molecule has 3 aromatic heterocycles. The maximum Gasteiger partial charge on any atom is 0.253 e. The van der Waals surface area contributed by atoms with Gasteiger partial charge in [-0.25, -0.2) is 19.3 Å². The predicted molar refractivity (Wildman–Crippen MR) is 124 cm³/mol. The number of aryl methyl sites for hydroxylation is 1. The molecule has 11 heteroatoms. The van der Waals surface area contributed by atoms with Crippen molar-refractivity contribution in [1.82, 2.24) is 30.2 Å². The zero-order valence-corrected chi connectivity index (χ0v) is 19.1. The van der Waals surface area contributed by atoms with Crippen LogP contribution in [0.25, 0.3) is 11.3 Å². The number of carbonyl (C=O) groups is 1. The Balaban J connectivity index is 1.37. The summed E-state index contributed by atoms with van der Waals surface area (Å²) in [5.41, 5.74) is 5.11. The summed E-state index contributed by atoms with van der Waals surface area (Å²) in [6, 6.07) is 0. The van der Waals surface area contributed by atoms with Crippen LogP contribution in [-0.2, 0) is 30.5 Å². The second kappa shape index (κ2) is 8.61. The lowest BCUT2D eigenvalue weighted by atomic mass is 9.88. The summed E-state index contributed by atoms with van der Waals surface area (Å²) in [5, 5.41) is 6.00. The van der Waals surface area contributed by atoms with E-state index in [2.05, 4.69) is 35.5 Å². The summed E-state index contributed by atoms with van der Waals surface area (Å²) in [4.78, 5) is 30.8. The molecule has 1 fully saturated rings. The molecule has 0 saturated carbocycles. The third kappa shape index (κ3) is 3.71. The third-order valence-corrected chi connectivity index (χ3v) is 6.81. The lowest BCUT2D eigenvalue weighted by Gasteiger charge is -2.27. The summed E-state index contributed by atoms with van der Waals surface area (Å²) in [5.74, 6) is -0.108. The van der Waals surface area contributed by atoms with Crippen LogP contribution in [0.2, 0.25) is 5.28 Å². The molecule has 0 unspecified atom stereocenters. The Morgan fingerprint density at radius 1 is 1.12 bits per heavy atom. The first kappa shape index (κ1) is 21.5. The Hall–Kier alpha value is -3.08. The second-order valence-electron chi connectivity index (χ2n) is 8.69. The van der Waals surface area contributed by atoms with E-state index in [-0.39, 0.29) is 17.0 Å². The van der Waals surface area contributed by atoms with Gasteiger partial charge in [-0.2, -0.15) is 0 Å². The monoisotopic (exact) mass is 483 g/mol. The standard InChI is InChI=1S/C23H23ClFN7O2/c24-23-28-10-13(11-32-5-7-34-8-6-32)20(31-23)30-21-18(25)16-12(9-27-21)1-2-14-17-15(29-19(14)16)3-4-26-22(17)33/h9-10,29H,1-8,11H2,(H,26,33)(H,27,28,30,31). The number of rotatable bonds is 4. The van der Waals surface area contributed by atoms with Crippen molar-refractivity contribution in [3.05, 3.63) is 51.4 Å². The average Bonchev–Trinajstić information content (AvgIpc) is 3.23. The molecule has 3 aromatic rings. The minimum Gasteiger partial charge on any atom is -0.379 e. The Kier molecular flexibility index (Phi) is 5.43. The van der Waals surface area contributed by atoms with E-state index < -0.39 is 5.82 Å². The number of ether oxygens (including phenoxy) is 1. The normalized spacial score (nSPS) is 17.5. The van der Waals surface area contributed by atoms with Gasteiger partial charge in [-0.05, 0) is 35.6 Å². The highest BCUT2D eigenvalue weighted by atomic mass is 35.5. The molecule has 0 bridgehead atoms. The highest BCUT2D eigenvalue weighted by Crippen LogP contribution is 2.40. The van der Waals surface area contributed by atoms with Gasteiger partial charge in [0.15, 0.2) is 11.6 Å².